The van der Waals surface area contributed by atoms with Crippen molar-refractivity contribution in [3.8, 4) is 0 Å². The molecule has 2 aromatic heterocycles. The van der Waals surface area contributed by atoms with Crippen molar-refractivity contribution in [2.24, 2.45) is 0 Å². The van der Waals surface area contributed by atoms with Crippen molar-refractivity contribution in [3.05, 3.63) is 117 Å². The zero-order valence-corrected chi connectivity index (χ0v) is 20.9. The standard InChI is InChI=1S/C28H24Cl2N4O/c1-18-19(2)34(17-20-6-4-3-5-7-20)26-11-9-22(15-23(18)26)28(35)31-27-12-13-33(32-27)16-21-8-10-24(29)25(30)14-21/h3-15H,16-17H2,1-2H3,(H,31,32,35). The maximum atomic E-state index is 13.0. The molecule has 0 aliphatic rings. The lowest BCUT2D eigenvalue weighted by molar-refractivity contribution is 0.102. The number of carbonyl (C=O) groups excluding carboxylic acids is 1. The molecule has 0 aliphatic carbocycles. The van der Waals surface area contributed by atoms with Crippen LogP contribution in [0.25, 0.3) is 10.9 Å². The lowest BCUT2D eigenvalue weighted by Crippen LogP contribution is -2.13. The van der Waals surface area contributed by atoms with E-state index in [1.165, 1.54) is 16.8 Å². The quantitative estimate of drug-likeness (QED) is 0.269. The lowest BCUT2D eigenvalue weighted by atomic mass is 10.1. The number of anilines is 1. The predicted molar refractivity (Wildman–Crippen MR) is 143 cm³/mol. The number of aryl methyl sites for hydroxylation is 1. The Morgan fingerprint density at radius 3 is 2.46 bits per heavy atom. The highest BCUT2D eigenvalue weighted by atomic mass is 35.5. The van der Waals surface area contributed by atoms with Crippen LogP contribution in [0.4, 0.5) is 5.82 Å². The van der Waals surface area contributed by atoms with Gasteiger partial charge in [-0.15, -0.1) is 0 Å². The van der Waals surface area contributed by atoms with Crippen molar-refractivity contribution < 1.29 is 4.79 Å². The Labute approximate surface area is 213 Å². The number of benzene rings is 3. The number of aromatic nitrogens is 3. The number of nitrogens with zero attached hydrogens (tertiary/aromatic N) is 3. The third kappa shape index (κ3) is 4.83. The fourth-order valence-corrected chi connectivity index (χ4v) is 4.61. The molecule has 3 aromatic carbocycles. The SMILES string of the molecule is Cc1c(C)n(Cc2ccccc2)c2ccc(C(=O)Nc3ccn(Cc4ccc(Cl)c(Cl)c4)n3)cc12. The zero-order valence-electron chi connectivity index (χ0n) is 19.4. The van der Waals surface area contributed by atoms with E-state index >= 15 is 0 Å². The average Bonchev–Trinajstić information content (AvgIpc) is 3.39. The molecule has 0 bridgehead atoms. The Morgan fingerprint density at radius 1 is 0.886 bits per heavy atom. The van der Waals surface area contributed by atoms with Crippen molar-refractivity contribution in [3.63, 3.8) is 0 Å². The third-order valence-corrected chi connectivity index (χ3v) is 7.03. The van der Waals surface area contributed by atoms with Crippen molar-refractivity contribution in [1.82, 2.24) is 14.3 Å². The molecule has 5 aromatic rings. The molecule has 0 fully saturated rings. The molecule has 0 saturated heterocycles. The Morgan fingerprint density at radius 2 is 1.69 bits per heavy atom. The highest BCUT2D eigenvalue weighted by molar-refractivity contribution is 6.42. The first-order valence-corrected chi connectivity index (χ1v) is 12.1. The molecular formula is C28H24Cl2N4O. The van der Waals surface area contributed by atoms with Crippen molar-refractivity contribution in [1.29, 1.82) is 0 Å². The zero-order chi connectivity index (χ0) is 24.5. The van der Waals surface area contributed by atoms with Crippen LogP contribution in [0.15, 0.2) is 79.0 Å². The van der Waals surface area contributed by atoms with Crippen LogP contribution in [0.2, 0.25) is 10.0 Å². The summed E-state index contributed by atoms with van der Waals surface area (Å²) in [7, 11) is 0. The van der Waals surface area contributed by atoms with E-state index < -0.39 is 0 Å². The van der Waals surface area contributed by atoms with Crippen LogP contribution < -0.4 is 5.32 Å². The fourth-order valence-electron chi connectivity index (χ4n) is 4.29. The highest BCUT2D eigenvalue weighted by Crippen LogP contribution is 2.28. The second kappa shape index (κ2) is 9.61. The second-order valence-electron chi connectivity index (χ2n) is 8.62. The van der Waals surface area contributed by atoms with Gasteiger partial charge in [-0.05, 0) is 60.9 Å². The van der Waals surface area contributed by atoms with Gasteiger partial charge < -0.3 is 9.88 Å². The van der Waals surface area contributed by atoms with E-state index in [1.54, 1.807) is 16.8 Å². The van der Waals surface area contributed by atoms with Gasteiger partial charge in [0.1, 0.15) is 0 Å². The van der Waals surface area contributed by atoms with Crippen molar-refractivity contribution in [2.75, 3.05) is 5.32 Å². The topological polar surface area (TPSA) is 51.9 Å². The minimum atomic E-state index is -0.195. The molecule has 0 spiro atoms. The molecule has 5 nitrogen and oxygen atoms in total. The fraction of sp³-hybridized carbons (Fsp3) is 0.143. The number of rotatable bonds is 6. The summed E-state index contributed by atoms with van der Waals surface area (Å²) in [5, 5.41) is 9.48. The second-order valence-corrected chi connectivity index (χ2v) is 9.43. The number of carbonyl (C=O) groups is 1. The summed E-state index contributed by atoms with van der Waals surface area (Å²) in [6.45, 7) is 5.54. The predicted octanol–water partition coefficient (Wildman–Crippen LogP) is 7.11. The smallest absolute Gasteiger partial charge is 0.256 e. The summed E-state index contributed by atoms with van der Waals surface area (Å²) < 4.78 is 4.04. The highest BCUT2D eigenvalue weighted by Gasteiger charge is 2.15. The Kier molecular flexibility index (Phi) is 6.37. The van der Waals surface area contributed by atoms with Crippen LogP contribution in [0.1, 0.15) is 32.7 Å². The Hall–Kier alpha value is -3.54. The molecule has 0 unspecified atom stereocenters. The van der Waals surface area contributed by atoms with Gasteiger partial charge in [-0.25, -0.2) is 0 Å². The molecule has 1 N–H and O–H groups in total. The number of hydrogen-bond donors (Lipinski definition) is 1. The van der Waals surface area contributed by atoms with E-state index in [9.17, 15) is 4.79 Å². The van der Waals surface area contributed by atoms with Gasteiger partial charge in [-0.1, -0.05) is 59.6 Å². The van der Waals surface area contributed by atoms with Crippen LogP contribution >= 0.6 is 23.2 Å². The number of hydrogen-bond acceptors (Lipinski definition) is 2. The number of halogens is 2. The molecular weight excluding hydrogens is 479 g/mol. The Balaban J connectivity index is 1.34. The van der Waals surface area contributed by atoms with E-state index in [2.05, 4.69) is 53.1 Å². The number of fused-ring (bicyclic) bond motifs is 1. The van der Waals surface area contributed by atoms with Crippen LogP contribution in [0.3, 0.4) is 0 Å². The molecule has 0 radical (unpaired) electrons. The van der Waals surface area contributed by atoms with E-state index in [4.69, 9.17) is 23.2 Å². The first-order valence-electron chi connectivity index (χ1n) is 11.3. The van der Waals surface area contributed by atoms with Crippen LogP contribution in [-0.4, -0.2) is 20.3 Å². The normalized spacial score (nSPS) is 11.2. The van der Waals surface area contributed by atoms with E-state index in [1.807, 2.05) is 42.6 Å². The maximum absolute atomic E-state index is 13.0. The molecule has 1 amide bonds. The summed E-state index contributed by atoms with van der Waals surface area (Å²) in [4.78, 5) is 13.0. The number of nitrogens with one attached hydrogen (secondary N) is 1. The van der Waals surface area contributed by atoms with Gasteiger partial charge in [0, 0.05) is 41.0 Å². The van der Waals surface area contributed by atoms with Gasteiger partial charge in [0.05, 0.1) is 16.6 Å². The first kappa shape index (κ1) is 23.2. The lowest BCUT2D eigenvalue weighted by Gasteiger charge is -2.09. The number of amides is 1. The van der Waals surface area contributed by atoms with Gasteiger partial charge in [0.2, 0.25) is 0 Å². The van der Waals surface area contributed by atoms with Crippen LogP contribution in [0.5, 0.6) is 0 Å². The first-order chi connectivity index (χ1) is 16.9. The van der Waals surface area contributed by atoms with Gasteiger partial charge in [-0.3, -0.25) is 9.48 Å². The van der Waals surface area contributed by atoms with Crippen molar-refractivity contribution in [2.45, 2.75) is 26.9 Å². The third-order valence-electron chi connectivity index (χ3n) is 6.30. The molecule has 0 aliphatic heterocycles. The molecule has 5 rings (SSSR count). The van der Waals surface area contributed by atoms with Gasteiger partial charge in [0.25, 0.3) is 5.91 Å². The molecule has 2 heterocycles. The summed E-state index contributed by atoms with van der Waals surface area (Å²) in [5.41, 5.74) is 6.30. The summed E-state index contributed by atoms with van der Waals surface area (Å²) in [6.07, 6.45) is 1.82. The van der Waals surface area contributed by atoms with E-state index in [0.29, 0.717) is 28.0 Å². The molecule has 176 valence electrons. The van der Waals surface area contributed by atoms with Crippen LogP contribution in [0, 0.1) is 13.8 Å². The summed E-state index contributed by atoms with van der Waals surface area (Å²) in [6, 6.07) is 23.5. The van der Waals surface area contributed by atoms with Crippen LogP contribution in [-0.2, 0) is 13.1 Å². The maximum Gasteiger partial charge on any atom is 0.256 e. The average molecular weight is 503 g/mol. The minimum absolute atomic E-state index is 0.195. The monoisotopic (exact) mass is 502 g/mol. The molecule has 35 heavy (non-hydrogen) atoms. The molecule has 0 saturated carbocycles. The van der Waals surface area contributed by atoms with E-state index in [0.717, 1.165) is 23.0 Å². The Bertz CT molecular complexity index is 1540. The molecule has 7 heteroatoms. The van der Waals surface area contributed by atoms with Gasteiger partial charge in [-0.2, -0.15) is 5.10 Å². The largest absolute Gasteiger partial charge is 0.340 e. The van der Waals surface area contributed by atoms with Gasteiger partial charge >= 0.3 is 0 Å². The van der Waals surface area contributed by atoms with Crippen molar-refractivity contribution >= 4 is 45.8 Å². The minimum Gasteiger partial charge on any atom is -0.340 e. The van der Waals surface area contributed by atoms with E-state index in [-0.39, 0.29) is 5.91 Å². The van der Waals surface area contributed by atoms with Gasteiger partial charge in [0.15, 0.2) is 5.82 Å². The molecule has 0 atom stereocenters. The summed E-state index contributed by atoms with van der Waals surface area (Å²) in [5.74, 6) is 0.296. The summed E-state index contributed by atoms with van der Waals surface area (Å²) >= 11 is 12.1.